The van der Waals surface area contributed by atoms with Crippen molar-refractivity contribution < 1.29 is 27.1 Å². The second-order valence-electron chi connectivity index (χ2n) is 13.0. The van der Waals surface area contributed by atoms with Crippen LogP contribution in [-0.4, -0.2) is 50.7 Å². The summed E-state index contributed by atoms with van der Waals surface area (Å²) in [7, 11) is 0. The fraction of sp³-hybridized carbons (Fsp3) is 0.270. The summed E-state index contributed by atoms with van der Waals surface area (Å²) in [5.74, 6) is -2.48. The number of H-pyrrole nitrogens is 1. The number of anilines is 1. The summed E-state index contributed by atoms with van der Waals surface area (Å²) < 4.78 is 54.2. The van der Waals surface area contributed by atoms with Gasteiger partial charge in [0.25, 0.3) is 11.8 Å². The number of nitrogens with zero attached hydrogens (tertiary/aromatic N) is 4. The summed E-state index contributed by atoms with van der Waals surface area (Å²) in [5.41, 5.74) is 5.55. The predicted molar refractivity (Wildman–Crippen MR) is 183 cm³/mol. The highest BCUT2D eigenvalue weighted by Gasteiger charge is 2.44. The Bertz CT molecular complexity index is 2440. The molecule has 0 spiro atoms. The van der Waals surface area contributed by atoms with E-state index >= 15 is 0 Å². The highest BCUT2D eigenvalue weighted by atomic mass is 32.1. The molecule has 9 rings (SSSR count). The molecule has 1 fully saturated rings. The minimum Gasteiger partial charge on any atom is -0.388 e. The second-order valence-corrected chi connectivity index (χ2v) is 14.1. The fourth-order valence-electron chi connectivity index (χ4n) is 7.55. The van der Waals surface area contributed by atoms with E-state index in [1.165, 1.54) is 35.6 Å². The molecule has 1 aliphatic carbocycles. The van der Waals surface area contributed by atoms with E-state index in [1.54, 1.807) is 17.0 Å². The Morgan fingerprint density at radius 2 is 1.82 bits per heavy atom. The molecule has 0 bridgehead atoms. The number of thiophene rings is 1. The van der Waals surface area contributed by atoms with Crippen molar-refractivity contribution in [1.82, 2.24) is 25.1 Å². The number of halogens is 3. The number of aromatic nitrogens is 4. The van der Waals surface area contributed by atoms with Crippen molar-refractivity contribution in [3.05, 3.63) is 116 Å². The van der Waals surface area contributed by atoms with Crippen LogP contribution in [0, 0.1) is 24.4 Å². The average molecular weight is 711 g/mol. The Morgan fingerprint density at radius 3 is 2.63 bits per heavy atom. The molecule has 14 heteroatoms. The molecule has 2 aliphatic heterocycles. The van der Waals surface area contributed by atoms with E-state index in [0.29, 0.717) is 83.2 Å². The Labute approximate surface area is 292 Å². The van der Waals surface area contributed by atoms with Crippen LogP contribution in [0.25, 0.3) is 32.0 Å². The number of carbonyl (C=O) groups is 1. The zero-order valence-corrected chi connectivity index (χ0v) is 28.0. The Kier molecular flexibility index (Phi) is 7.54. The zero-order valence-electron chi connectivity index (χ0n) is 27.2. The minimum atomic E-state index is -0.895. The SMILES string of the molecule is Cc1cc2cc(-c3c4c(nc(CCc5ccc(F)cc5)c3-c3n[nH]c(=O)o3)[C@@H]3COCCN3C4=O)sc2c(N[C@@H]2CCc3cc(F)c(F)cc32)n1. The minimum absolute atomic E-state index is 0.00439. The summed E-state index contributed by atoms with van der Waals surface area (Å²) >= 11 is 1.41. The molecule has 6 aromatic rings. The highest BCUT2D eigenvalue weighted by Crippen LogP contribution is 2.49. The number of morpholine rings is 1. The number of rotatable bonds is 7. The van der Waals surface area contributed by atoms with E-state index in [9.17, 15) is 22.8 Å². The average Bonchev–Trinajstić information content (AvgIpc) is 3.90. The van der Waals surface area contributed by atoms with E-state index in [-0.39, 0.29) is 30.3 Å². The van der Waals surface area contributed by atoms with E-state index in [2.05, 4.69) is 15.5 Å². The van der Waals surface area contributed by atoms with Gasteiger partial charge in [-0.15, -0.1) is 16.4 Å². The van der Waals surface area contributed by atoms with Gasteiger partial charge in [0.05, 0.1) is 52.5 Å². The maximum Gasteiger partial charge on any atom is 0.434 e. The molecular weight excluding hydrogens is 682 g/mol. The third kappa shape index (κ3) is 5.40. The molecule has 6 heterocycles. The van der Waals surface area contributed by atoms with Crippen LogP contribution in [0.4, 0.5) is 19.0 Å². The molecule has 0 unspecified atom stereocenters. The van der Waals surface area contributed by atoms with Gasteiger partial charge in [-0.25, -0.2) is 28.0 Å². The van der Waals surface area contributed by atoms with E-state index in [1.807, 2.05) is 19.1 Å². The normalized spacial score (nSPS) is 18.0. The summed E-state index contributed by atoms with van der Waals surface area (Å²) in [5, 5.41) is 10.9. The van der Waals surface area contributed by atoms with Crippen LogP contribution >= 0.6 is 11.3 Å². The van der Waals surface area contributed by atoms with Crippen molar-refractivity contribution in [2.24, 2.45) is 0 Å². The van der Waals surface area contributed by atoms with Crippen LogP contribution in [0.3, 0.4) is 0 Å². The molecular formula is C37H29F3N6O4S. The van der Waals surface area contributed by atoms with Crippen molar-refractivity contribution in [2.75, 3.05) is 25.1 Å². The number of hydrogen-bond acceptors (Lipinski definition) is 9. The lowest BCUT2D eigenvalue weighted by Gasteiger charge is -2.29. The quantitative estimate of drug-likeness (QED) is 0.185. The van der Waals surface area contributed by atoms with Crippen molar-refractivity contribution >= 4 is 33.1 Å². The first kappa shape index (κ1) is 31.6. The Morgan fingerprint density at radius 1 is 1.00 bits per heavy atom. The number of amides is 1. The first-order valence-corrected chi connectivity index (χ1v) is 17.4. The number of carbonyl (C=O) groups excluding carboxylic acids is 1. The first-order valence-electron chi connectivity index (χ1n) is 16.6. The number of aryl methyl sites for hydroxylation is 4. The molecule has 10 nitrogen and oxygen atoms in total. The molecule has 258 valence electrons. The summed E-state index contributed by atoms with van der Waals surface area (Å²) in [6.07, 6.45) is 2.10. The molecule has 51 heavy (non-hydrogen) atoms. The predicted octanol–water partition coefficient (Wildman–Crippen LogP) is 6.84. The Balaban J connectivity index is 1.23. The van der Waals surface area contributed by atoms with Gasteiger partial charge in [0, 0.05) is 22.7 Å². The van der Waals surface area contributed by atoms with Gasteiger partial charge in [0.15, 0.2) is 11.6 Å². The first-order chi connectivity index (χ1) is 24.7. The molecule has 0 radical (unpaired) electrons. The number of fused-ring (bicyclic) bond motifs is 5. The number of hydrogen-bond donors (Lipinski definition) is 2. The van der Waals surface area contributed by atoms with Gasteiger partial charge in [-0.3, -0.25) is 9.78 Å². The van der Waals surface area contributed by atoms with Crippen LogP contribution < -0.4 is 11.1 Å². The number of ether oxygens (including phenoxy) is 1. The van der Waals surface area contributed by atoms with Crippen molar-refractivity contribution in [2.45, 2.75) is 44.7 Å². The second kappa shape index (κ2) is 12.2. The standard InChI is InChI=1S/C37H29F3N6O4S/c1-17-12-20-14-28(51-33(20)34(41-17)43-25-9-5-19-13-23(39)24(40)15-22(19)25)30-29(35-44-45-37(48)50-35)26(8-4-18-2-6-21(38)7-3-18)42-32-27-16-49-11-10-46(27)36(47)31(30)32/h2-3,6-7,12-15,25,27H,4-5,8-11,16H2,1H3,(H,41,43)(H,45,48)/t25-,27+/m1/s1. The van der Waals surface area contributed by atoms with Gasteiger partial charge in [-0.1, -0.05) is 12.1 Å². The summed E-state index contributed by atoms with van der Waals surface area (Å²) in [6, 6.07) is 12.0. The third-order valence-corrected chi connectivity index (χ3v) is 11.1. The van der Waals surface area contributed by atoms with Crippen molar-refractivity contribution in [3.8, 4) is 21.9 Å². The van der Waals surface area contributed by atoms with Crippen LogP contribution in [0.15, 0.2) is 57.7 Å². The van der Waals surface area contributed by atoms with Crippen molar-refractivity contribution in [3.63, 3.8) is 0 Å². The lowest BCUT2D eigenvalue weighted by Crippen LogP contribution is -2.38. The molecule has 0 saturated carbocycles. The van der Waals surface area contributed by atoms with Gasteiger partial charge in [0.2, 0.25) is 0 Å². The number of nitrogens with one attached hydrogen (secondary N) is 2. The van der Waals surface area contributed by atoms with Crippen LogP contribution in [0.1, 0.15) is 62.6 Å². The molecule has 2 aromatic carbocycles. The molecule has 1 amide bonds. The van der Waals surface area contributed by atoms with Gasteiger partial charge in [-0.2, -0.15) is 0 Å². The lowest BCUT2D eigenvalue weighted by molar-refractivity contribution is 0.00352. The topological polar surface area (TPSA) is 126 Å². The van der Waals surface area contributed by atoms with Crippen molar-refractivity contribution in [1.29, 1.82) is 0 Å². The maximum absolute atomic E-state index is 14.3. The number of pyridine rings is 2. The van der Waals surface area contributed by atoms with E-state index in [0.717, 1.165) is 26.9 Å². The number of aromatic amines is 1. The molecule has 1 saturated heterocycles. The third-order valence-electron chi connectivity index (χ3n) is 9.88. The van der Waals surface area contributed by atoms with Gasteiger partial charge < -0.3 is 19.4 Å². The zero-order chi connectivity index (χ0) is 35.0. The monoisotopic (exact) mass is 710 g/mol. The van der Waals surface area contributed by atoms with Gasteiger partial charge in [-0.05, 0) is 91.1 Å². The van der Waals surface area contributed by atoms with Gasteiger partial charge in [0.1, 0.15) is 11.6 Å². The largest absolute Gasteiger partial charge is 0.434 e. The lowest BCUT2D eigenvalue weighted by atomic mass is 9.93. The highest BCUT2D eigenvalue weighted by molar-refractivity contribution is 7.23. The smallest absolute Gasteiger partial charge is 0.388 e. The summed E-state index contributed by atoms with van der Waals surface area (Å²) in [4.78, 5) is 39.0. The maximum atomic E-state index is 14.3. The van der Waals surface area contributed by atoms with Crippen LogP contribution in [-0.2, 0) is 24.0 Å². The molecule has 3 aliphatic rings. The van der Waals surface area contributed by atoms with Crippen LogP contribution in [0.5, 0.6) is 0 Å². The van der Waals surface area contributed by atoms with Gasteiger partial charge >= 0.3 is 5.76 Å². The van der Waals surface area contributed by atoms with E-state index in [4.69, 9.17) is 19.1 Å². The summed E-state index contributed by atoms with van der Waals surface area (Å²) in [6.45, 7) is 2.96. The fourth-order valence-corrected chi connectivity index (χ4v) is 8.70. The van der Waals surface area contributed by atoms with E-state index < -0.39 is 23.4 Å². The Hall–Kier alpha value is -5.34. The molecule has 2 atom stereocenters. The molecule has 4 aromatic heterocycles. The number of benzene rings is 2. The van der Waals surface area contributed by atoms with Crippen LogP contribution in [0.2, 0.25) is 0 Å². The molecule has 2 N–H and O–H groups in total.